The molecule has 0 aliphatic carbocycles. The van der Waals surface area contributed by atoms with Crippen LogP contribution in [0.25, 0.3) is 0 Å². The highest BCUT2D eigenvalue weighted by Gasteiger charge is 2.30. The van der Waals surface area contributed by atoms with E-state index in [9.17, 15) is 22.4 Å². The maximum absolute atomic E-state index is 13.3. The molecule has 24 heavy (non-hydrogen) atoms. The first-order valence-electron chi connectivity index (χ1n) is 6.84. The molecule has 2 aromatic rings. The van der Waals surface area contributed by atoms with E-state index in [2.05, 4.69) is 15.8 Å². The highest BCUT2D eigenvalue weighted by Crippen LogP contribution is 2.30. The number of carbonyl (C=O) groups is 1. The molecule has 0 aliphatic rings. The number of halogens is 4. The topological polar surface area (TPSA) is 53.5 Å². The predicted octanol–water partition coefficient (Wildman–Crippen LogP) is 3.41. The van der Waals surface area contributed by atoms with Crippen molar-refractivity contribution in [3.8, 4) is 0 Å². The molecule has 2 rings (SSSR count). The van der Waals surface area contributed by atoms with E-state index in [1.807, 2.05) is 0 Å². The molecule has 1 amide bonds. The Morgan fingerprint density at radius 2 is 1.88 bits per heavy atom. The van der Waals surface area contributed by atoms with Gasteiger partial charge in [0.15, 0.2) is 0 Å². The van der Waals surface area contributed by atoms with E-state index < -0.39 is 23.5 Å². The Morgan fingerprint density at radius 1 is 1.12 bits per heavy atom. The van der Waals surface area contributed by atoms with Gasteiger partial charge >= 0.3 is 6.18 Å². The first-order chi connectivity index (χ1) is 11.4. The average Bonchev–Trinajstić information content (AvgIpc) is 2.54. The fourth-order valence-electron chi connectivity index (χ4n) is 1.78. The minimum absolute atomic E-state index is 0.151. The van der Waals surface area contributed by atoms with Gasteiger partial charge < -0.3 is 5.32 Å². The smallest absolute Gasteiger partial charge is 0.376 e. The van der Waals surface area contributed by atoms with Gasteiger partial charge in [0.1, 0.15) is 5.82 Å². The first-order valence-corrected chi connectivity index (χ1v) is 6.84. The summed E-state index contributed by atoms with van der Waals surface area (Å²) in [5, 5.41) is 6.14. The molecule has 0 aromatic heterocycles. The van der Waals surface area contributed by atoms with Crippen LogP contribution < -0.4 is 10.7 Å². The lowest BCUT2D eigenvalue weighted by molar-refractivity contribution is -0.137. The van der Waals surface area contributed by atoms with E-state index >= 15 is 0 Å². The molecule has 2 N–H and O–H groups in total. The number of benzene rings is 2. The second-order valence-electron chi connectivity index (χ2n) is 4.75. The number of hydrazone groups is 1. The Labute approximate surface area is 135 Å². The van der Waals surface area contributed by atoms with Crippen molar-refractivity contribution in [1.29, 1.82) is 0 Å². The maximum atomic E-state index is 13.3. The SMILES string of the molecule is O=C(CNc1cccc(C(F)(F)F)c1)NN=Cc1ccccc1F. The maximum Gasteiger partial charge on any atom is 0.416 e. The lowest BCUT2D eigenvalue weighted by Gasteiger charge is -2.10. The summed E-state index contributed by atoms with van der Waals surface area (Å²) in [6, 6.07) is 10.3. The van der Waals surface area contributed by atoms with Gasteiger partial charge in [-0.3, -0.25) is 4.79 Å². The van der Waals surface area contributed by atoms with Gasteiger partial charge in [-0.15, -0.1) is 0 Å². The summed E-state index contributed by atoms with van der Waals surface area (Å²) in [5.41, 5.74) is 1.69. The van der Waals surface area contributed by atoms with Crippen molar-refractivity contribution in [3.05, 3.63) is 65.5 Å². The summed E-state index contributed by atoms with van der Waals surface area (Å²) in [7, 11) is 0. The Hall–Kier alpha value is -2.90. The first kappa shape index (κ1) is 17.5. The molecule has 0 aliphatic heterocycles. The highest BCUT2D eigenvalue weighted by molar-refractivity contribution is 5.84. The second kappa shape index (κ2) is 7.58. The molecule has 0 atom stereocenters. The van der Waals surface area contributed by atoms with Gasteiger partial charge in [-0.05, 0) is 24.3 Å². The van der Waals surface area contributed by atoms with E-state index in [-0.39, 0.29) is 17.8 Å². The number of rotatable bonds is 5. The molecule has 0 bridgehead atoms. The Morgan fingerprint density at radius 3 is 2.58 bits per heavy atom. The third-order valence-electron chi connectivity index (χ3n) is 2.94. The van der Waals surface area contributed by atoms with Crippen molar-refractivity contribution in [2.24, 2.45) is 5.10 Å². The van der Waals surface area contributed by atoms with Crippen LogP contribution >= 0.6 is 0 Å². The number of carbonyl (C=O) groups excluding carboxylic acids is 1. The van der Waals surface area contributed by atoms with Gasteiger partial charge in [0.2, 0.25) is 0 Å². The van der Waals surface area contributed by atoms with Crippen molar-refractivity contribution in [2.45, 2.75) is 6.18 Å². The van der Waals surface area contributed by atoms with Gasteiger partial charge in [-0.1, -0.05) is 24.3 Å². The lowest BCUT2D eigenvalue weighted by atomic mass is 10.2. The van der Waals surface area contributed by atoms with Crippen LogP contribution in [0.4, 0.5) is 23.2 Å². The molecule has 126 valence electrons. The second-order valence-corrected chi connectivity index (χ2v) is 4.75. The number of anilines is 1. The van der Waals surface area contributed by atoms with Crippen LogP contribution in [0.3, 0.4) is 0 Å². The summed E-state index contributed by atoms with van der Waals surface area (Å²) in [6.07, 6.45) is -3.32. The van der Waals surface area contributed by atoms with Crippen molar-refractivity contribution < 1.29 is 22.4 Å². The third-order valence-corrected chi connectivity index (χ3v) is 2.94. The fraction of sp³-hybridized carbons (Fsp3) is 0.125. The van der Waals surface area contributed by atoms with Crippen LogP contribution in [0.15, 0.2) is 53.6 Å². The van der Waals surface area contributed by atoms with Gasteiger partial charge in [-0.2, -0.15) is 18.3 Å². The molecule has 0 radical (unpaired) electrons. The summed E-state index contributed by atoms with van der Waals surface area (Å²) in [5.74, 6) is -1.07. The van der Waals surface area contributed by atoms with E-state index in [0.717, 1.165) is 18.3 Å². The summed E-state index contributed by atoms with van der Waals surface area (Å²) in [6.45, 7) is -0.282. The lowest BCUT2D eigenvalue weighted by Crippen LogP contribution is -2.26. The van der Waals surface area contributed by atoms with Crippen molar-refractivity contribution in [3.63, 3.8) is 0 Å². The van der Waals surface area contributed by atoms with E-state index in [4.69, 9.17) is 0 Å². The largest absolute Gasteiger partial charge is 0.416 e. The monoisotopic (exact) mass is 339 g/mol. The molecule has 0 saturated carbocycles. The Kier molecular flexibility index (Phi) is 5.51. The summed E-state index contributed by atoms with van der Waals surface area (Å²) < 4.78 is 51.0. The van der Waals surface area contributed by atoms with E-state index in [1.54, 1.807) is 6.07 Å². The van der Waals surface area contributed by atoms with Crippen molar-refractivity contribution >= 4 is 17.8 Å². The Balaban J connectivity index is 1.87. The van der Waals surface area contributed by atoms with Gasteiger partial charge in [0, 0.05) is 11.3 Å². The van der Waals surface area contributed by atoms with E-state index in [1.165, 1.54) is 30.3 Å². The zero-order valence-electron chi connectivity index (χ0n) is 12.3. The van der Waals surface area contributed by atoms with Crippen molar-refractivity contribution in [1.82, 2.24) is 5.43 Å². The number of alkyl halides is 3. The zero-order valence-corrected chi connectivity index (χ0v) is 12.3. The molecule has 0 heterocycles. The Bertz CT molecular complexity index is 744. The molecule has 0 saturated heterocycles. The van der Waals surface area contributed by atoms with Crippen LogP contribution in [0.2, 0.25) is 0 Å². The van der Waals surface area contributed by atoms with E-state index in [0.29, 0.717) is 0 Å². The standard InChI is InChI=1S/C16H13F4N3O/c17-14-7-2-1-4-11(14)9-22-23-15(24)10-21-13-6-3-5-12(8-13)16(18,19)20/h1-9,21H,10H2,(H,23,24). The molecule has 0 fully saturated rings. The number of nitrogens with zero attached hydrogens (tertiary/aromatic N) is 1. The third kappa shape index (κ3) is 5.08. The van der Waals surface area contributed by atoms with Crippen LogP contribution in [0.5, 0.6) is 0 Å². The van der Waals surface area contributed by atoms with Crippen LogP contribution in [-0.4, -0.2) is 18.7 Å². The van der Waals surface area contributed by atoms with Gasteiger partial charge in [-0.25, -0.2) is 9.82 Å². The molecule has 0 unspecified atom stereocenters. The quantitative estimate of drug-likeness (QED) is 0.498. The van der Waals surface area contributed by atoms with Crippen LogP contribution in [0.1, 0.15) is 11.1 Å². The summed E-state index contributed by atoms with van der Waals surface area (Å²) >= 11 is 0. The van der Waals surface area contributed by atoms with Crippen molar-refractivity contribution in [2.75, 3.05) is 11.9 Å². The van der Waals surface area contributed by atoms with Crippen LogP contribution in [-0.2, 0) is 11.0 Å². The predicted molar refractivity (Wildman–Crippen MR) is 82.1 cm³/mol. The fourth-order valence-corrected chi connectivity index (χ4v) is 1.78. The highest BCUT2D eigenvalue weighted by atomic mass is 19.4. The number of hydrogen-bond donors (Lipinski definition) is 2. The molecular formula is C16H13F4N3O. The number of hydrogen-bond acceptors (Lipinski definition) is 3. The number of nitrogens with one attached hydrogen (secondary N) is 2. The minimum Gasteiger partial charge on any atom is -0.376 e. The molecule has 8 heteroatoms. The molecule has 4 nitrogen and oxygen atoms in total. The zero-order chi connectivity index (χ0) is 17.6. The average molecular weight is 339 g/mol. The summed E-state index contributed by atoms with van der Waals surface area (Å²) in [4.78, 5) is 11.6. The number of amides is 1. The molecule has 0 spiro atoms. The van der Waals surface area contributed by atoms with Gasteiger partial charge in [0.05, 0.1) is 18.3 Å². The molecule has 2 aromatic carbocycles. The normalized spacial score (nSPS) is 11.5. The van der Waals surface area contributed by atoms with Gasteiger partial charge in [0.25, 0.3) is 5.91 Å². The molecular weight excluding hydrogens is 326 g/mol. The van der Waals surface area contributed by atoms with Crippen LogP contribution in [0, 0.1) is 5.82 Å². The minimum atomic E-state index is -4.45.